The van der Waals surface area contributed by atoms with Gasteiger partial charge in [-0.1, -0.05) is 30.1 Å². The second-order valence-corrected chi connectivity index (χ2v) is 6.05. The molecule has 2 aromatic rings. The van der Waals surface area contributed by atoms with Crippen LogP contribution in [0, 0.1) is 0 Å². The summed E-state index contributed by atoms with van der Waals surface area (Å²) in [5.74, 6) is 1.17. The van der Waals surface area contributed by atoms with Crippen LogP contribution in [0.1, 0.15) is 25.1 Å². The van der Waals surface area contributed by atoms with Crippen LogP contribution in [-0.2, 0) is 0 Å². The number of aromatic nitrogens is 2. The Labute approximate surface area is 114 Å². The zero-order valence-electron chi connectivity index (χ0n) is 9.34. The van der Waals surface area contributed by atoms with Crippen LogP contribution < -0.4 is 5.73 Å². The van der Waals surface area contributed by atoms with Gasteiger partial charge in [0.1, 0.15) is 10.2 Å². The second kappa shape index (κ2) is 5.40. The molecule has 0 amide bonds. The van der Waals surface area contributed by atoms with Gasteiger partial charge in [0.2, 0.25) is 0 Å². The fourth-order valence-corrected chi connectivity index (χ4v) is 3.17. The van der Waals surface area contributed by atoms with Gasteiger partial charge in [-0.05, 0) is 12.5 Å². The van der Waals surface area contributed by atoms with Crippen LogP contribution in [0.2, 0.25) is 8.67 Å². The molecule has 1 unspecified atom stereocenters. The van der Waals surface area contributed by atoms with Crippen molar-refractivity contribution in [2.24, 2.45) is 5.73 Å². The fraction of sp³-hybridized carbons (Fsp3) is 0.364. The summed E-state index contributed by atoms with van der Waals surface area (Å²) in [6.07, 6.45) is 2.74. The lowest BCUT2D eigenvalue weighted by Crippen LogP contribution is -2.12. The molecule has 0 spiro atoms. The maximum absolute atomic E-state index is 6.10. The van der Waals surface area contributed by atoms with Crippen LogP contribution in [0.3, 0.4) is 0 Å². The summed E-state index contributed by atoms with van der Waals surface area (Å²) in [5.41, 5.74) is 7.48. The highest BCUT2D eigenvalue weighted by atomic mass is 35.5. The van der Waals surface area contributed by atoms with Gasteiger partial charge in [-0.3, -0.25) is 0 Å². The number of nitrogens with zero attached hydrogens (tertiary/aromatic N) is 1. The molecule has 3 N–H and O–H groups in total. The van der Waals surface area contributed by atoms with Gasteiger partial charge in [-0.2, -0.15) is 0 Å². The van der Waals surface area contributed by atoms with Gasteiger partial charge in [0.15, 0.2) is 0 Å². The lowest BCUT2D eigenvalue weighted by atomic mass is 10.1. The summed E-state index contributed by atoms with van der Waals surface area (Å²) in [6, 6.07) is 1.84. The van der Waals surface area contributed by atoms with Crippen LogP contribution >= 0.6 is 34.5 Å². The first-order valence-corrected chi connectivity index (χ1v) is 6.93. The zero-order chi connectivity index (χ0) is 12.4. The molecule has 0 radical (unpaired) electrons. The Hall–Kier alpha value is -0.550. The van der Waals surface area contributed by atoms with Gasteiger partial charge in [0.05, 0.1) is 16.2 Å². The second-order valence-electron chi connectivity index (χ2n) is 3.76. The average molecular weight is 290 g/mol. The number of halogens is 2. The average Bonchev–Trinajstić information content (AvgIpc) is 2.87. The maximum Gasteiger partial charge on any atom is 0.110 e. The maximum atomic E-state index is 6.10. The Morgan fingerprint density at radius 2 is 2.29 bits per heavy atom. The minimum absolute atomic E-state index is 0.261. The molecule has 3 nitrogen and oxygen atoms in total. The Kier molecular flexibility index (Phi) is 4.09. The van der Waals surface area contributed by atoms with Gasteiger partial charge in [-0.15, -0.1) is 11.3 Å². The minimum Gasteiger partial charge on any atom is -0.342 e. The highest BCUT2D eigenvalue weighted by Crippen LogP contribution is 2.37. The lowest BCUT2D eigenvalue weighted by molar-refractivity contribution is 0.639. The molecule has 0 aromatic carbocycles. The minimum atomic E-state index is 0.261. The number of nitrogens with one attached hydrogen (secondary N) is 1. The van der Waals surface area contributed by atoms with Crippen molar-refractivity contribution < 1.29 is 0 Å². The van der Waals surface area contributed by atoms with E-state index in [4.69, 9.17) is 28.9 Å². The first-order chi connectivity index (χ1) is 8.15. The monoisotopic (exact) mass is 289 g/mol. The van der Waals surface area contributed by atoms with Crippen molar-refractivity contribution in [3.05, 3.63) is 26.8 Å². The third kappa shape index (κ3) is 2.65. The number of H-pyrrole nitrogens is 1. The third-order valence-corrected chi connectivity index (χ3v) is 4.19. The van der Waals surface area contributed by atoms with E-state index in [9.17, 15) is 0 Å². The molecule has 2 aromatic heterocycles. The van der Waals surface area contributed by atoms with E-state index in [0.29, 0.717) is 15.2 Å². The Bertz CT molecular complexity index is 503. The number of thiophene rings is 1. The van der Waals surface area contributed by atoms with Crippen LogP contribution in [0.15, 0.2) is 12.3 Å². The summed E-state index contributed by atoms with van der Waals surface area (Å²) in [6.45, 7) is 2.68. The number of hydrogen-bond donors (Lipinski definition) is 2. The van der Waals surface area contributed by atoms with E-state index in [1.165, 1.54) is 11.3 Å². The molecule has 0 fully saturated rings. The van der Waals surface area contributed by atoms with Crippen LogP contribution in [0.25, 0.3) is 11.3 Å². The van der Waals surface area contributed by atoms with Crippen LogP contribution in [-0.4, -0.2) is 16.5 Å². The van der Waals surface area contributed by atoms with Crippen molar-refractivity contribution in [1.82, 2.24) is 9.97 Å². The molecule has 0 aliphatic rings. The van der Waals surface area contributed by atoms with E-state index < -0.39 is 0 Å². The molecule has 0 aliphatic heterocycles. The van der Waals surface area contributed by atoms with E-state index >= 15 is 0 Å². The molecule has 92 valence electrons. The lowest BCUT2D eigenvalue weighted by Gasteiger charge is -2.07. The largest absolute Gasteiger partial charge is 0.342 e. The van der Waals surface area contributed by atoms with Crippen molar-refractivity contribution in [3.8, 4) is 11.3 Å². The highest BCUT2D eigenvalue weighted by Gasteiger charge is 2.14. The zero-order valence-corrected chi connectivity index (χ0v) is 11.7. The van der Waals surface area contributed by atoms with Crippen molar-refractivity contribution in [1.29, 1.82) is 0 Å². The molecule has 0 bridgehead atoms. The van der Waals surface area contributed by atoms with E-state index in [1.54, 1.807) is 6.20 Å². The van der Waals surface area contributed by atoms with Crippen molar-refractivity contribution >= 4 is 34.5 Å². The predicted molar refractivity (Wildman–Crippen MR) is 74.0 cm³/mol. The summed E-state index contributed by atoms with van der Waals surface area (Å²) < 4.78 is 1.35. The predicted octanol–water partition coefficient (Wildman–Crippen LogP) is 3.90. The Morgan fingerprint density at radius 1 is 1.53 bits per heavy atom. The van der Waals surface area contributed by atoms with E-state index in [-0.39, 0.29) is 5.92 Å². The van der Waals surface area contributed by atoms with E-state index in [2.05, 4.69) is 16.9 Å². The number of aromatic amines is 1. The molecule has 2 heterocycles. The van der Waals surface area contributed by atoms with Gasteiger partial charge < -0.3 is 10.7 Å². The standard InChI is InChI=1S/C11H13Cl2N3S/c1-2-6(4-14)11-15-5-8(16-11)7-3-9(12)17-10(7)13/h3,5-6H,2,4,14H2,1H3,(H,15,16). The Balaban J connectivity index is 2.32. The molecule has 1 atom stereocenters. The number of imidazole rings is 1. The summed E-state index contributed by atoms with van der Waals surface area (Å²) >= 11 is 13.4. The third-order valence-electron chi connectivity index (χ3n) is 2.71. The van der Waals surface area contributed by atoms with E-state index in [1.807, 2.05) is 6.07 Å². The normalized spacial score (nSPS) is 12.9. The van der Waals surface area contributed by atoms with Crippen molar-refractivity contribution in [3.63, 3.8) is 0 Å². The highest BCUT2D eigenvalue weighted by molar-refractivity contribution is 7.20. The smallest absolute Gasteiger partial charge is 0.110 e. The molecule has 2 rings (SSSR count). The van der Waals surface area contributed by atoms with Gasteiger partial charge in [-0.25, -0.2) is 4.98 Å². The van der Waals surface area contributed by atoms with Crippen LogP contribution in [0.4, 0.5) is 0 Å². The quantitative estimate of drug-likeness (QED) is 0.897. The fourth-order valence-electron chi connectivity index (χ4n) is 1.68. The summed E-state index contributed by atoms with van der Waals surface area (Å²) in [4.78, 5) is 7.61. The SMILES string of the molecule is CCC(CN)c1ncc(-c2cc(Cl)sc2Cl)[nH]1. The molecule has 0 aliphatic carbocycles. The van der Waals surface area contributed by atoms with Gasteiger partial charge in [0.25, 0.3) is 0 Å². The number of hydrogen-bond acceptors (Lipinski definition) is 3. The van der Waals surface area contributed by atoms with Gasteiger partial charge >= 0.3 is 0 Å². The molecule has 0 saturated heterocycles. The molecular formula is C11H13Cl2N3S. The number of nitrogens with two attached hydrogens (primary N) is 1. The number of rotatable bonds is 4. The summed E-state index contributed by atoms with van der Waals surface area (Å²) in [7, 11) is 0. The van der Waals surface area contributed by atoms with E-state index in [0.717, 1.165) is 23.5 Å². The van der Waals surface area contributed by atoms with Gasteiger partial charge in [0, 0.05) is 18.0 Å². The molecule has 17 heavy (non-hydrogen) atoms. The molecule has 0 saturated carbocycles. The van der Waals surface area contributed by atoms with Crippen molar-refractivity contribution in [2.75, 3.05) is 6.54 Å². The molecule has 6 heteroatoms. The summed E-state index contributed by atoms with van der Waals surface area (Å²) in [5, 5.41) is 0. The Morgan fingerprint density at radius 3 is 2.82 bits per heavy atom. The molecular weight excluding hydrogens is 277 g/mol. The first-order valence-electron chi connectivity index (χ1n) is 5.35. The topological polar surface area (TPSA) is 54.7 Å². The first kappa shape index (κ1) is 12.9. The van der Waals surface area contributed by atoms with Crippen molar-refractivity contribution in [2.45, 2.75) is 19.3 Å². The van der Waals surface area contributed by atoms with Crippen LogP contribution in [0.5, 0.6) is 0 Å².